The zero-order chi connectivity index (χ0) is 12.3. The van der Waals surface area contributed by atoms with Crippen LogP contribution < -0.4 is 0 Å². The lowest BCUT2D eigenvalue weighted by molar-refractivity contribution is 0.0601. The molecule has 0 atom stereocenters. The summed E-state index contributed by atoms with van der Waals surface area (Å²) >= 11 is 0. The molecular formula is C13H10FNO2. The number of methoxy groups -OCH3 is 1. The highest BCUT2D eigenvalue weighted by Crippen LogP contribution is 2.20. The van der Waals surface area contributed by atoms with Crippen LogP contribution in [0.15, 0.2) is 42.6 Å². The van der Waals surface area contributed by atoms with E-state index < -0.39 is 11.8 Å². The molecule has 17 heavy (non-hydrogen) atoms. The van der Waals surface area contributed by atoms with E-state index in [9.17, 15) is 9.18 Å². The molecule has 3 nitrogen and oxygen atoms in total. The van der Waals surface area contributed by atoms with E-state index in [1.54, 1.807) is 24.3 Å². The van der Waals surface area contributed by atoms with E-state index in [4.69, 9.17) is 0 Å². The topological polar surface area (TPSA) is 39.2 Å². The molecule has 86 valence electrons. The van der Waals surface area contributed by atoms with Gasteiger partial charge in [-0.15, -0.1) is 0 Å². The highest BCUT2D eigenvalue weighted by atomic mass is 19.1. The Morgan fingerprint density at radius 1 is 1.24 bits per heavy atom. The minimum atomic E-state index is -0.418. The minimum absolute atomic E-state index is 0.268. The van der Waals surface area contributed by atoms with Crippen LogP contribution in [-0.4, -0.2) is 18.1 Å². The van der Waals surface area contributed by atoms with Gasteiger partial charge >= 0.3 is 5.97 Å². The van der Waals surface area contributed by atoms with Crippen LogP contribution in [-0.2, 0) is 4.74 Å². The molecule has 1 aromatic carbocycles. The first-order chi connectivity index (χ1) is 8.22. The van der Waals surface area contributed by atoms with Gasteiger partial charge in [0.1, 0.15) is 11.5 Å². The normalized spacial score (nSPS) is 10.0. The monoisotopic (exact) mass is 231 g/mol. The molecule has 0 N–H and O–H groups in total. The lowest BCUT2D eigenvalue weighted by Crippen LogP contribution is -2.00. The van der Waals surface area contributed by atoms with Crippen LogP contribution in [0.2, 0.25) is 0 Å². The zero-order valence-corrected chi connectivity index (χ0v) is 9.18. The van der Waals surface area contributed by atoms with Crippen molar-refractivity contribution in [3.05, 3.63) is 54.0 Å². The number of hydrogen-bond acceptors (Lipinski definition) is 3. The lowest BCUT2D eigenvalue weighted by Gasteiger charge is -2.03. The highest BCUT2D eigenvalue weighted by molar-refractivity contribution is 5.89. The Hall–Kier alpha value is -2.23. The van der Waals surface area contributed by atoms with Crippen molar-refractivity contribution in [1.82, 2.24) is 4.98 Å². The van der Waals surface area contributed by atoms with Gasteiger partial charge in [-0.1, -0.05) is 12.1 Å². The number of carbonyl (C=O) groups excluding carboxylic acids is 1. The molecule has 0 aliphatic heterocycles. The van der Waals surface area contributed by atoms with Crippen molar-refractivity contribution in [1.29, 1.82) is 0 Å². The van der Waals surface area contributed by atoms with E-state index in [0.717, 1.165) is 0 Å². The van der Waals surface area contributed by atoms with Crippen LogP contribution in [0.4, 0.5) is 4.39 Å². The van der Waals surface area contributed by atoms with Crippen molar-refractivity contribution in [3.8, 4) is 11.3 Å². The summed E-state index contributed by atoms with van der Waals surface area (Å²) in [5.41, 5.74) is 1.31. The summed E-state index contributed by atoms with van der Waals surface area (Å²) in [5, 5.41) is 0. The van der Waals surface area contributed by atoms with Crippen molar-refractivity contribution in [2.75, 3.05) is 7.11 Å². The SMILES string of the molecule is COC(=O)c1ccc(-c2ncccc2F)cc1. The van der Waals surface area contributed by atoms with Gasteiger partial charge in [0.2, 0.25) is 0 Å². The first-order valence-corrected chi connectivity index (χ1v) is 5.01. The Morgan fingerprint density at radius 3 is 2.53 bits per heavy atom. The molecule has 0 amide bonds. The van der Waals surface area contributed by atoms with Gasteiger partial charge in [-0.05, 0) is 24.3 Å². The minimum Gasteiger partial charge on any atom is -0.465 e. The van der Waals surface area contributed by atoms with E-state index in [2.05, 4.69) is 9.72 Å². The van der Waals surface area contributed by atoms with E-state index in [0.29, 0.717) is 11.1 Å². The molecular weight excluding hydrogens is 221 g/mol. The fourth-order valence-electron chi connectivity index (χ4n) is 1.48. The molecule has 0 aliphatic carbocycles. The van der Waals surface area contributed by atoms with Crippen molar-refractivity contribution in [3.63, 3.8) is 0 Å². The Kier molecular flexibility index (Phi) is 3.14. The predicted molar refractivity (Wildman–Crippen MR) is 61.0 cm³/mol. The standard InChI is InChI=1S/C13H10FNO2/c1-17-13(16)10-6-4-9(5-7-10)12-11(14)3-2-8-15-12/h2-8H,1H3. The second-order valence-corrected chi connectivity index (χ2v) is 3.40. The summed E-state index contributed by atoms with van der Waals surface area (Å²) in [6.45, 7) is 0. The number of carbonyl (C=O) groups is 1. The summed E-state index contributed by atoms with van der Waals surface area (Å²) < 4.78 is 18.0. The van der Waals surface area contributed by atoms with Crippen LogP contribution in [0, 0.1) is 5.82 Å². The van der Waals surface area contributed by atoms with Gasteiger partial charge in [-0.3, -0.25) is 4.98 Å². The molecule has 0 radical (unpaired) electrons. The zero-order valence-electron chi connectivity index (χ0n) is 9.18. The largest absolute Gasteiger partial charge is 0.465 e. The third-order valence-corrected chi connectivity index (χ3v) is 2.34. The van der Waals surface area contributed by atoms with Crippen LogP contribution in [0.3, 0.4) is 0 Å². The van der Waals surface area contributed by atoms with Gasteiger partial charge in [0.15, 0.2) is 0 Å². The summed E-state index contributed by atoms with van der Waals surface area (Å²) in [6, 6.07) is 9.30. The van der Waals surface area contributed by atoms with Crippen molar-refractivity contribution >= 4 is 5.97 Å². The second kappa shape index (κ2) is 4.74. The smallest absolute Gasteiger partial charge is 0.337 e. The third kappa shape index (κ3) is 2.30. The maximum atomic E-state index is 13.4. The number of nitrogens with zero attached hydrogens (tertiary/aromatic N) is 1. The van der Waals surface area contributed by atoms with Gasteiger partial charge in [0.25, 0.3) is 0 Å². The molecule has 0 saturated heterocycles. The van der Waals surface area contributed by atoms with Crippen molar-refractivity contribution < 1.29 is 13.9 Å². The number of ether oxygens (including phenoxy) is 1. The fraction of sp³-hybridized carbons (Fsp3) is 0.0769. The molecule has 2 aromatic rings. The fourth-order valence-corrected chi connectivity index (χ4v) is 1.48. The number of aromatic nitrogens is 1. The Balaban J connectivity index is 2.36. The second-order valence-electron chi connectivity index (χ2n) is 3.40. The highest BCUT2D eigenvalue weighted by Gasteiger charge is 2.08. The lowest BCUT2D eigenvalue weighted by atomic mass is 10.1. The molecule has 0 bridgehead atoms. The van der Waals surface area contributed by atoms with Crippen LogP contribution in [0.25, 0.3) is 11.3 Å². The molecule has 0 unspecified atom stereocenters. The predicted octanol–water partition coefficient (Wildman–Crippen LogP) is 2.67. The molecule has 1 heterocycles. The van der Waals surface area contributed by atoms with E-state index >= 15 is 0 Å². The van der Waals surface area contributed by atoms with Crippen LogP contribution >= 0.6 is 0 Å². The molecule has 0 fully saturated rings. The number of rotatable bonds is 2. The van der Waals surface area contributed by atoms with Gasteiger partial charge in [0, 0.05) is 11.8 Å². The summed E-state index contributed by atoms with van der Waals surface area (Å²) in [5.74, 6) is -0.809. The van der Waals surface area contributed by atoms with E-state index in [1.165, 1.54) is 25.4 Å². The van der Waals surface area contributed by atoms with E-state index in [1.807, 2.05) is 0 Å². The maximum absolute atomic E-state index is 13.4. The van der Waals surface area contributed by atoms with Gasteiger partial charge in [-0.2, -0.15) is 0 Å². The van der Waals surface area contributed by atoms with Crippen LogP contribution in [0.1, 0.15) is 10.4 Å². The average Bonchev–Trinajstić information content (AvgIpc) is 2.39. The Labute approximate surface area is 97.9 Å². The number of esters is 1. The van der Waals surface area contributed by atoms with Crippen molar-refractivity contribution in [2.24, 2.45) is 0 Å². The Bertz CT molecular complexity index is 537. The number of hydrogen-bond donors (Lipinski definition) is 0. The van der Waals surface area contributed by atoms with Crippen LogP contribution in [0.5, 0.6) is 0 Å². The van der Waals surface area contributed by atoms with Crippen molar-refractivity contribution in [2.45, 2.75) is 0 Å². The first-order valence-electron chi connectivity index (χ1n) is 5.01. The molecule has 0 aliphatic rings. The summed E-state index contributed by atoms with van der Waals surface area (Å²) in [6.07, 6.45) is 1.52. The summed E-state index contributed by atoms with van der Waals surface area (Å²) in [7, 11) is 1.31. The molecule has 4 heteroatoms. The number of benzene rings is 1. The Morgan fingerprint density at radius 2 is 1.94 bits per heavy atom. The van der Waals surface area contributed by atoms with Gasteiger partial charge in [-0.25, -0.2) is 9.18 Å². The quantitative estimate of drug-likeness (QED) is 0.746. The molecule has 0 spiro atoms. The third-order valence-electron chi connectivity index (χ3n) is 2.34. The van der Waals surface area contributed by atoms with Gasteiger partial charge < -0.3 is 4.74 Å². The molecule has 1 aromatic heterocycles. The number of halogens is 1. The first kappa shape index (κ1) is 11.3. The van der Waals surface area contributed by atoms with E-state index in [-0.39, 0.29) is 5.69 Å². The average molecular weight is 231 g/mol. The molecule has 2 rings (SSSR count). The maximum Gasteiger partial charge on any atom is 0.337 e. The molecule has 0 saturated carbocycles. The van der Waals surface area contributed by atoms with Gasteiger partial charge in [0.05, 0.1) is 12.7 Å². The number of pyridine rings is 1. The summed E-state index contributed by atoms with van der Waals surface area (Å²) in [4.78, 5) is 15.2.